The highest BCUT2D eigenvalue weighted by Crippen LogP contribution is 2.43. The van der Waals surface area contributed by atoms with Gasteiger partial charge in [-0.2, -0.15) is 5.10 Å². The Morgan fingerprint density at radius 1 is 0.724 bits per heavy atom. The van der Waals surface area contributed by atoms with Crippen LogP contribution in [0.2, 0.25) is 0 Å². The molecule has 4 aromatic rings. The third-order valence-electron chi connectivity index (χ3n) is 4.66. The quantitative estimate of drug-likeness (QED) is 0.296. The largest absolute Gasteiger partial charge is 0.493 e. The first-order chi connectivity index (χ1) is 14.1. The van der Waals surface area contributed by atoms with Gasteiger partial charge in [0, 0.05) is 25.6 Å². The Morgan fingerprint density at radius 2 is 1.38 bits per heavy atom. The van der Waals surface area contributed by atoms with Crippen LogP contribution in [0.4, 0.5) is 0 Å². The lowest BCUT2D eigenvalue weighted by Gasteiger charge is -2.15. The predicted octanol–water partition coefficient (Wildman–Crippen LogP) is 6.75. The Kier molecular flexibility index (Phi) is 5.74. The van der Waals surface area contributed by atoms with E-state index in [9.17, 15) is 0 Å². The van der Waals surface area contributed by atoms with Gasteiger partial charge in [-0.05, 0) is 30.3 Å². The zero-order valence-electron chi connectivity index (χ0n) is 15.9. The highest BCUT2D eigenvalue weighted by molar-refractivity contribution is 9.11. The van der Waals surface area contributed by atoms with Crippen molar-refractivity contribution >= 4 is 31.9 Å². The molecule has 6 heteroatoms. The lowest BCUT2D eigenvalue weighted by atomic mass is 10.0. The molecule has 0 amide bonds. The first-order valence-electron chi connectivity index (χ1n) is 8.94. The van der Waals surface area contributed by atoms with Crippen LogP contribution in [0.15, 0.2) is 81.9 Å². The molecule has 1 heterocycles. The van der Waals surface area contributed by atoms with E-state index < -0.39 is 0 Å². The number of ether oxygens (including phenoxy) is 2. The maximum atomic E-state index is 5.53. The van der Waals surface area contributed by atoms with Gasteiger partial charge in [-0.15, -0.1) is 0 Å². The van der Waals surface area contributed by atoms with Crippen LogP contribution in [-0.2, 0) is 0 Å². The molecule has 0 N–H and O–H groups in total. The van der Waals surface area contributed by atoms with Crippen molar-refractivity contribution in [2.24, 2.45) is 0 Å². The average Bonchev–Trinajstić information content (AvgIpc) is 3.19. The topological polar surface area (TPSA) is 36.3 Å². The summed E-state index contributed by atoms with van der Waals surface area (Å²) in [5, 5.41) is 4.72. The van der Waals surface area contributed by atoms with E-state index in [1.807, 2.05) is 71.5 Å². The first kappa shape index (κ1) is 19.7. The Labute approximate surface area is 186 Å². The van der Waals surface area contributed by atoms with Crippen molar-refractivity contribution in [1.29, 1.82) is 0 Å². The second-order valence-corrected chi connectivity index (χ2v) is 8.03. The fraction of sp³-hybridized carbons (Fsp3) is 0.0870. The van der Waals surface area contributed by atoms with E-state index in [2.05, 4.69) is 37.9 Å². The SMILES string of the molecule is COc1cc(Br)c(-c2cnn(-c3ccccc3)c2-c2ccccc2Br)cc1OC. The summed E-state index contributed by atoms with van der Waals surface area (Å²) in [5.41, 5.74) is 4.97. The van der Waals surface area contributed by atoms with Crippen LogP contribution in [-0.4, -0.2) is 24.0 Å². The normalized spacial score (nSPS) is 10.8. The summed E-state index contributed by atoms with van der Waals surface area (Å²) in [6.45, 7) is 0. The summed E-state index contributed by atoms with van der Waals surface area (Å²) >= 11 is 7.40. The second-order valence-electron chi connectivity index (χ2n) is 6.32. The Bertz CT molecular complexity index is 1160. The zero-order chi connectivity index (χ0) is 20.4. The van der Waals surface area contributed by atoms with E-state index in [1.165, 1.54) is 0 Å². The fourth-order valence-corrected chi connectivity index (χ4v) is 4.29. The van der Waals surface area contributed by atoms with Crippen molar-refractivity contribution in [3.63, 3.8) is 0 Å². The highest BCUT2D eigenvalue weighted by Gasteiger charge is 2.21. The summed E-state index contributed by atoms with van der Waals surface area (Å²) in [6.07, 6.45) is 1.88. The second kappa shape index (κ2) is 8.43. The number of halogens is 2. The summed E-state index contributed by atoms with van der Waals surface area (Å²) in [4.78, 5) is 0. The van der Waals surface area contributed by atoms with Gasteiger partial charge >= 0.3 is 0 Å². The summed E-state index contributed by atoms with van der Waals surface area (Å²) in [7, 11) is 3.27. The van der Waals surface area contributed by atoms with Gasteiger partial charge in [0.2, 0.25) is 0 Å². The molecule has 0 atom stereocenters. The number of methoxy groups -OCH3 is 2. The summed E-state index contributed by atoms with van der Waals surface area (Å²) in [6, 6.07) is 22.1. The fourth-order valence-electron chi connectivity index (χ4n) is 3.28. The van der Waals surface area contributed by atoms with E-state index in [1.54, 1.807) is 14.2 Å². The number of rotatable bonds is 5. The molecule has 0 fully saturated rings. The molecule has 0 spiro atoms. The lowest BCUT2D eigenvalue weighted by Crippen LogP contribution is -2.00. The molecule has 4 nitrogen and oxygen atoms in total. The standard InChI is InChI=1S/C23H18Br2N2O2/c1-28-21-12-17(20(25)13-22(21)29-2)18-14-26-27(15-8-4-3-5-9-15)23(18)16-10-6-7-11-19(16)24/h3-14H,1-2H3. The van der Waals surface area contributed by atoms with Crippen LogP contribution in [0.25, 0.3) is 28.1 Å². The van der Waals surface area contributed by atoms with Crippen LogP contribution in [0.5, 0.6) is 11.5 Å². The van der Waals surface area contributed by atoms with Crippen molar-refractivity contribution in [1.82, 2.24) is 9.78 Å². The molecule has 0 saturated heterocycles. The van der Waals surface area contributed by atoms with Gasteiger partial charge in [-0.1, -0.05) is 68.3 Å². The number of nitrogens with zero attached hydrogens (tertiary/aromatic N) is 2. The molecular formula is C23H18Br2N2O2. The van der Waals surface area contributed by atoms with E-state index in [0.29, 0.717) is 11.5 Å². The highest BCUT2D eigenvalue weighted by atomic mass is 79.9. The van der Waals surface area contributed by atoms with Crippen molar-refractivity contribution in [2.45, 2.75) is 0 Å². The van der Waals surface area contributed by atoms with Crippen molar-refractivity contribution < 1.29 is 9.47 Å². The zero-order valence-corrected chi connectivity index (χ0v) is 19.1. The van der Waals surface area contributed by atoms with E-state index in [4.69, 9.17) is 14.6 Å². The molecule has 0 aliphatic rings. The van der Waals surface area contributed by atoms with Crippen LogP contribution in [0.3, 0.4) is 0 Å². The van der Waals surface area contributed by atoms with Crippen molar-refractivity contribution in [3.8, 4) is 39.6 Å². The molecule has 4 rings (SSSR count). The molecule has 0 bridgehead atoms. The van der Waals surface area contributed by atoms with Gasteiger partial charge in [0.05, 0.1) is 31.8 Å². The molecule has 0 saturated carbocycles. The molecule has 0 unspecified atom stereocenters. The van der Waals surface area contributed by atoms with E-state index in [0.717, 1.165) is 37.0 Å². The summed E-state index contributed by atoms with van der Waals surface area (Å²) < 4.78 is 14.8. The van der Waals surface area contributed by atoms with Crippen molar-refractivity contribution in [3.05, 3.63) is 81.9 Å². The third kappa shape index (κ3) is 3.70. The monoisotopic (exact) mass is 512 g/mol. The number of hydrogen-bond acceptors (Lipinski definition) is 3. The third-order valence-corrected chi connectivity index (χ3v) is 6.01. The molecule has 1 aromatic heterocycles. The van der Waals surface area contributed by atoms with E-state index in [-0.39, 0.29) is 0 Å². The minimum Gasteiger partial charge on any atom is -0.493 e. The van der Waals surface area contributed by atoms with Gasteiger partial charge in [-0.3, -0.25) is 0 Å². The van der Waals surface area contributed by atoms with Crippen LogP contribution in [0.1, 0.15) is 0 Å². The maximum Gasteiger partial charge on any atom is 0.161 e. The molecule has 0 radical (unpaired) electrons. The minimum absolute atomic E-state index is 0.663. The molecule has 146 valence electrons. The van der Waals surface area contributed by atoms with Crippen LogP contribution < -0.4 is 9.47 Å². The molecule has 3 aromatic carbocycles. The number of aromatic nitrogens is 2. The Hall–Kier alpha value is -2.57. The van der Waals surface area contributed by atoms with Crippen LogP contribution >= 0.6 is 31.9 Å². The number of para-hydroxylation sites is 1. The number of hydrogen-bond donors (Lipinski definition) is 0. The predicted molar refractivity (Wildman–Crippen MR) is 123 cm³/mol. The number of benzene rings is 3. The van der Waals surface area contributed by atoms with Crippen LogP contribution in [0, 0.1) is 0 Å². The van der Waals surface area contributed by atoms with Gasteiger partial charge in [0.15, 0.2) is 11.5 Å². The first-order valence-corrected chi connectivity index (χ1v) is 10.5. The molecule has 29 heavy (non-hydrogen) atoms. The van der Waals surface area contributed by atoms with Gasteiger partial charge < -0.3 is 9.47 Å². The average molecular weight is 514 g/mol. The molecular weight excluding hydrogens is 496 g/mol. The molecule has 0 aliphatic carbocycles. The molecule has 0 aliphatic heterocycles. The Morgan fingerprint density at radius 3 is 2.07 bits per heavy atom. The maximum absolute atomic E-state index is 5.53. The van der Waals surface area contributed by atoms with Gasteiger partial charge in [0.1, 0.15) is 0 Å². The Balaban J connectivity index is 2.01. The summed E-state index contributed by atoms with van der Waals surface area (Å²) in [5.74, 6) is 1.33. The van der Waals surface area contributed by atoms with Crippen molar-refractivity contribution in [2.75, 3.05) is 14.2 Å². The smallest absolute Gasteiger partial charge is 0.161 e. The minimum atomic E-state index is 0.663. The van der Waals surface area contributed by atoms with E-state index >= 15 is 0 Å². The lowest BCUT2D eigenvalue weighted by molar-refractivity contribution is 0.355. The van der Waals surface area contributed by atoms with Gasteiger partial charge in [-0.25, -0.2) is 4.68 Å². The van der Waals surface area contributed by atoms with Gasteiger partial charge in [0.25, 0.3) is 0 Å².